The number of carbonyl (C=O) groups excluding carboxylic acids is 1. The number of aldehydes is 1. The molecule has 0 amide bonds. The van der Waals surface area contributed by atoms with Gasteiger partial charge < -0.3 is 4.79 Å². The lowest BCUT2D eigenvalue weighted by atomic mass is 9.68. The number of hydrogen-bond donors (Lipinski definition) is 0. The van der Waals surface area contributed by atoms with Gasteiger partial charge in [0.05, 0.1) is 0 Å². The second kappa shape index (κ2) is 4.26. The molecule has 0 heterocycles. The van der Waals surface area contributed by atoms with Crippen molar-refractivity contribution in [3.05, 3.63) is 0 Å². The molecule has 1 heteroatoms. The summed E-state index contributed by atoms with van der Waals surface area (Å²) in [5.74, 6) is 1.21. The van der Waals surface area contributed by atoms with Crippen LogP contribution in [-0.4, -0.2) is 6.29 Å². The minimum atomic E-state index is 0.365. The van der Waals surface area contributed by atoms with Crippen molar-refractivity contribution >= 4 is 6.29 Å². The number of rotatable bonds is 3. The van der Waals surface area contributed by atoms with Gasteiger partial charge in [0.15, 0.2) is 0 Å². The van der Waals surface area contributed by atoms with E-state index in [0.29, 0.717) is 11.3 Å². The molecule has 0 aliphatic heterocycles. The zero-order valence-corrected chi connectivity index (χ0v) is 9.18. The molecule has 0 radical (unpaired) electrons. The molecule has 1 nitrogen and oxygen atoms in total. The van der Waals surface area contributed by atoms with E-state index in [-0.39, 0.29) is 0 Å². The van der Waals surface area contributed by atoms with Crippen LogP contribution in [0.5, 0.6) is 0 Å². The first-order valence-corrected chi connectivity index (χ1v) is 5.55. The van der Waals surface area contributed by atoms with Gasteiger partial charge >= 0.3 is 0 Å². The Bertz CT molecular complexity index is 164. The third-order valence-electron chi connectivity index (χ3n) is 3.98. The second-order valence-corrected chi connectivity index (χ2v) is 5.09. The number of carbonyl (C=O) groups is 1. The zero-order valence-electron chi connectivity index (χ0n) is 9.18. The van der Waals surface area contributed by atoms with E-state index in [9.17, 15) is 4.79 Å². The Morgan fingerprint density at radius 3 is 2.15 bits per heavy atom. The molecule has 0 N–H and O–H groups in total. The molecule has 0 spiro atoms. The van der Waals surface area contributed by atoms with Gasteiger partial charge in [-0.3, -0.25) is 0 Å². The van der Waals surface area contributed by atoms with E-state index >= 15 is 0 Å². The van der Waals surface area contributed by atoms with Crippen molar-refractivity contribution in [1.82, 2.24) is 0 Å². The summed E-state index contributed by atoms with van der Waals surface area (Å²) in [5, 5.41) is 0. The highest BCUT2D eigenvalue weighted by Crippen LogP contribution is 2.41. The first-order valence-electron chi connectivity index (χ1n) is 5.55. The van der Waals surface area contributed by atoms with Crippen molar-refractivity contribution in [2.45, 2.75) is 52.9 Å². The fraction of sp³-hybridized carbons (Fsp3) is 0.917. The molecule has 1 aliphatic carbocycles. The van der Waals surface area contributed by atoms with E-state index in [0.717, 1.165) is 25.0 Å². The lowest BCUT2D eigenvalue weighted by Gasteiger charge is -2.37. The van der Waals surface area contributed by atoms with Crippen molar-refractivity contribution in [2.24, 2.45) is 17.3 Å². The van der Waals surface area contributed by atoms with Gasteiger partial charge in [-0.25, -0.2) is 0 Å². The lowest BCUT2D eigenvalue weighted by Crippen LogP contribution is -2.28. The Kier molecular flexibility index (Phi) is 3.52. The zero-order chi connectivity index (χ0) is 9.90. The molecule has 0 unspecified atom stereocenters. The van der Waals surface area contributed by atoms with Gasteiger partial charge in [0.2, 0.25) is 0 Å². The fourth-order valence-corrected chi connectivity index (χ4v) is 2.33. The first-order chi connectivity index (χ1) is 6.10. The lowest BCUT2D eigenvalue weighted by molar-refractivity contribution is -0.112. The molecular formula is C12H22O. The summed E-state index contributed by atoms with van der Waals surface area (Å²) < 4.78 is 0. The van der Waals surface area contributed by atoms with Gasteiger partial charge in [0.1, 0.15) is 6.29 Å². The summed E-state index contributed by atoms with van der Waals surface area (Å²) in [7, 11) is 0. The number of hydrogen-bond acceptors (Lipinski definition) is 1. The Morgan fingerprint density at radius 1 is 1.23 bits per heavy atom. The fourth-order valence-electron chi connectivity index (χ4n) is 2.33. The van der Waals surface area contributed by atoms with Crippen molar-refractivity contribution in [2.75, 3.05) is 0 Å². The van der Waals surface area contributed by atoms with Crippen LogP contribution in [0.15, 0.2) is 0 Å². The molecule has 0 aromatic heterocycles. The predicted molar refractivity (Wildman–Crippen MR) is 55.6 cm³/mol. The minimum absolute atomic E-state index is 0.365. The standard InChI is InChI=1S/C12H22O/c1-4-12(2,3)11-7-5-10(9-13)6-8-11/h9-11H,4-8H2,1-3H3. The molecule has 13 heavy (non-hydrogen) atoms. The maximum absolute atomic E-state index is 10.6. The Labute approximate surface area is 81.9 Å². The van der Waals surface area contributed by atoms with Crippen molar-refractivity contribution in [3.8, 4) is 0 Å². The predicted octanol–water partition coefficient (Wildman–Crippen LogP) is 3.43. The minimum Gasteiger partial charge on any atom is -0.303 e. The van der Waals surface area contributed by atoms with E-state index in [2.05, 4.69) is 20.8 Å². The van der Waals surface area contributed by atoms with Crippen LogP contribution in [0.2, 0.25) is 0 Å². The molecule has 0 atom stereocenters. The third kappa shape index (κ3) is 2.55. The maximum Gasteiger partial charge on any atom is 0.123 e. The monoisotopic (exact) mass is 182 g/mol. The van der Waals surface area contributed by atoms with E-state index in [1.54, 1.807) is 0 Å². The molecule has 1 saturated carbocycles. The average Bonchev–Trinajstić information content (AvgIpc) is 2.18. The SMILES string of the molecule is CCC(C)(C)C1CCC(C=O)CC1. The van der Waals surface area contributed by atoms with Crippen LogP contribution in [0.25, 0.3) is 0 Å². The van der Waals surface area contributed by atoms with E-state index in [1.807, 2.05) is 0 Å². The summed E-state index contributed by atoms with van der Waals surface area (Å²) >= 11 is 0. The molecular weight excluding hydrogens is 160 g/mol. The quantitative estimate of drug-likeness (QED) is 0.611. The Balaban J connectivity index is 2.44. The van der Waals surface area contributed by atoms with Crippen molar-refractivity contribution < 1.29 is 4.79 Å². The molecule has 1 rings (SSSR count). The Hall–Kier alpha value is -0.330. The third-order valence-corrected chi connectivity index (χ3v) is 3.98. The van der Waals surface area contributed by atoms with Gasteiger partial charge in [-0.15, -0.1) is 0 Å². The highest BCUT2D eigenvalue weighted by Gasteiger charge is 2.31. The van der Waals surface area contributed by atoms with Crippen LogP contribution in [0.4, 0.5) is 0 Å². The Morgan fingerprint density at radius 2 is 1.77 bits per heavy atom. The highest BCUT2D eigenvalue weighted by atomic mass is 16.1. The van der Waals surface area contributed by atoms with Crippen LogP contribution in [0.1, 0.15) is 52.9 Å². The van der Waals surface area contributed by atoms with E-state index in [1.165, 1.54) is 19.3 Å². The van der Waals surface area contributed by atoms with E-state index < -0.39 is 0 Å². The summed E-state index contributed by atoms with van der Waals surface area (Å²) in [6, 6.07) is 0. The van der Waals surface area contributed by atoms with Crippen LogP contribution in [0.3, 0.4) is 0 Å². The van der Waals surface area contributed by atoms with E-state index in [4.69, 9.17) is 0 Å². The molecule has 1 aliphatic rings. The molecule has 0 aromatic carbocycles. The highest BCUT2D eigenvalue weighted by molar-refractivity contribution is 5.53. The van der Waals surface area contributed by atoms with Gasteiger partial charge in [-0.1, -0.05) is 27.2 Å². The average molecular weight is 182 g/mol. The summed E-state index contributed by atoms with van der Waals surface area (Å²) in [5.41, 5.74) is 0.480. The van der Waals surface area contributed by atoms with Crippen molar-refractivity contribution in [1.29, 1.82) is 0 Å². The van der Waals surface area contributed by atoms with Crippen LogP contribution < -0.4 is 0 Å². The van der Waals surface area contributed by atoms with Crippen LogP contribution in [-0.2, 0) is 4.79 Å². The molecule has 1 fully saturated rings. The molecule has 0 aromatic rings. The first kappa shape index (κ1) is 10.7. The summed E-state index contributed by atoms with van der Waals surface area (Å²) in [6.45, 7) is 6.99. The maximum atomic E-state index is 10.6. The summed E-state index contributed by atoms with van der Waals surface area (Å²) in [4.78, 5) is 10.6. The normalized spacial score (nSPS) is 30.1. The van der Waals surface area contributed by atoms with Crippen molar-refractivity contribution in [3.63, 3.8) is 0 Å². The largest absolute Gasteiger partial charge is 0.303 e. The van der Waals surface area contributed by atoms with Gasteiger partial charge in [0, 0.05) is 5.92 Å². The van der Waals surface area contributed by atoms with Crippen LogP contribution >= 0.6 is 0 Å². The van der Waals surface area contributed by atoms with Gasteiger partial charge in [-0.2, -0.15) is 0 Å². The molecule has 76 valence electrons. The second-order valence-electron chi connectivity index (χ2n) is 5.09. The smallest absolute Gasteiger partial charge is 0.123 e. The van der Waals surface area contributed by atoms with Gasteiger partial charge in [-0.05, 0) is 37.0 Å². The van der Waals surface area contributed by atoms with Crippen LogP contribution in [0, 0.1) is 17.3 Å². The molecule has 0 saturated heterocycles. The molecule has 0 bridgehead atoms. The van der Waals surface area contributed by atoms with Gasteiger partial charge in [0.25, 0.3) is 0 Å². The summed E-state index contributed by atoms with van der Waals surface area (Å²) in [6.07, 6.45) is 7.16. The topological polar surface area (TPSA) is 17.1 Å².